The highest BCUT2D eigenvalue weighted by Gasteiger charge is 2.07. The molecule has 0 atom stereocenters. The van der Waals surface area contributed by atoms with Crippen molar-refractivity contribution >= 4 is 29.2 Å². The summed E-state index contributed by atoms with van der Waals surface area (Å²) in [7, 11) is 1.55. The van der Waals surface area contributed by atoms with Crippen molar-refractivity contribution in [3.63, 3.8) is 0 Å². The molecule has 2 aromatic carbocycles. The van der Waals surface area contributed by atoms with Gasteiger partial charge in [0, 0.05) is 5.56 Å². The average Bonchev–Trinajstić information content (AvgIpc) is 2.56. The predicted molar refractivity (Wildman–Crippen MR) is 93.0 cm³/mol. The molecule has 0 heterocycles. The zero-order valence-corrected chi connectivity index (χ0v) is 13.5. The molecule has 0 aromatic heterocycles. The lowest BCUT2D eigenvalue weighted by molar-refractivity contribution is -0.0499. The van der Waals surface area contributed by atoms with Crippen molar-refractivity contribution in [3.05, 3.63) is 54.1 Å². The van der Waals surface area contributed by atoms with E-state index in [2.05, 4.69) is 20.6 Å². The number of benzene rings is 2. The maximum Gasteiger partial charge on any atom is 0.387 e. The van der Waals surface area contributed by atoms with Crippen molar-refractivity contribution in [2.45, 2.75) is 6.61 Å². The minimum Gasteiger partial charge on any atom is -0.495 e. The molecule has 0 spiro atoms. The van der Waals surface area contributed by atoms with E-state index in [1.165, 1.54) is 12.3 Å². The third kappa shape index (κ3) is 5.17. The van der Waals surface area contributed by atoms with E-state index < -0.39 is 6.61 Å². The van der Waals surface area contributed by atoms with Crippen LogP contribution in [0, 0.1) is 0 Å². The molecule has 0 saturated heterocycles. The van der Waals surface area contributed by atoms with E-state index in [9.17, 15) is 8.78 Å². The normalized spacial score (nSPS) is 10.7. The summed E-state index contributed by atoms with van der Waals surface area (Å²) in [5.41, 5.74) is 3.67. The first-order valence-electron chi connectivity index (χ1n) is 6.87. The zero-order valence-electron chi connectivity index (χ0n) is 12.7. The summed E-state index contributed by atoms with van der Waals surface area (Å²) in [6, 6.07) is 13.5. The van der Waals surface area contributed by atoms with Crippen molar-refractivity contribution in [3.8, 4) is 11.5 Å². The van der Waals surface area contributed by atoms with Crippen LogP contribution >= 0.6 is 12.2 Å². The average molecular weight is 351 g/mol. The van der Waals surface area contributed by atoms with Gasteiger partial charge in [-0.25, -0.2) is 0 Å². The molecule has 8 heteroatoms. The third-order valence-corrected chi connectivity index (χ3v) is 3.05. The van der Waals surface area contributed by atoms with Crippen LogP contribution < -0.4 is 20.2 Å². The Balaban J connectivity index is 1.98. The maximum absolute atomic E-state index is 12.3. The summed E-state index contributed by atoms with van der Waals surface area (Å²) in [6.07, 6.45) is 1.34. The molecule has 0 aliphatic heterocycles. The Morgan fingerprint density at radius 1 is 1.12 bits per heavy atom. The van der Waals surface area contributed by atoms with Gasteiger partial charge in [0.05, 0.1) is 19.0 Å². The van der Waals surface area contributed by atoms with Crippen molar-refractivity contribution in [1.29, 1.82) is 0 Å². The Morgan fingerprint density at radius 2 is 1.79 bits per heavy atom. The second-order valence-corrected chi connectivity index (χ2v) is 4.85. The molecule has 2 N–H and O–H groups in total. The molecule has 0 bridgehead atoms. The molecule has 0 aliphatic rings. The highest BCUT2D eigenvalue weighted by Crippen LogP contribution is 2.22. The van der Waals surface area contributed by atoms with E-state index in [-0.39, 0.29) is 10.9 Å². The van der Waals surface area contributed by atoms with Crippen LogP contribution in [0.2, 0.25) is 0 Å². The molecule has 5 nitrogen and oxygen atoms in total. The topological polar surface area (TPSA) is 54.9 Å². The summed E-state index contributed by atoms with van der Waals surface area (Å²) >= 11 is 5.12. The van der Waals surface area contributed by atoms with Crippen LogP contribution in [0.15, 0.2) is 53.6 Å². The second kappa shape index (κ2) is 8.78. The Bertz CT molecular complexity index is 726. The van der Waals surface area contributed by atoms with Crippen LogP contribution in [0.25, 0.3) is 0 Å². The Hall–Kier alpha value is -2.74. The largest absolute Gasteiger partial charge is 0.495 e. The quantitative estimate of drug-likeness (QED) is 0.473. The lowest BCUT2D eigenvalue weighted by Crippen LogP contribution is -2.24. The van der Waals surface area contributed by atoms with Gasteiger partial charge in [-0.2, -0.15) is 13.9 Å². The van der Waals surface area contributed by atoms with E-state index >= 15 is 0 Å². The number of methoxy groups -OCH3 is 1. The number of rotatable bonds is 6. The van der Waals surface area contributed by atoms with E-state index in [4.69, 9.17) is 17.0 Å². The maximum atomic E-state index is 12.3. The summed E-state index contributed by atoms with van der Waals surface area (Å²) in [5, 5.41) is 7.07. The van der Waals surface area contributed by atoms with Crippen LogP contribution in [0.3, 0.4) is 0 Å². The number of hydrazone groups is 1. The number of hydrogen-bond donors (Lipinski definition) is 2. The first kappa shape index (κ1) is 17.6. The molecule has 126 valence electrons. The predicted octanol–water partition coefficient (Wildman–Crippen LogP) is 3.62. The number of hydrogen-bond acceptors (Lipinski definition) is 4. The number of para-hydroxylation sites is 3. The molecule has 0 amide bonds. The SMILES string of the molecule is COc1ccccc1NC(=S)N/N=C\c1ccccc1OC(F)F. The van der Waals surface area contributed by atoms with E-state index in [1.807, 2.05) is 12.1 Å². The summed E-state index contributed by atoms with van der Waals surface area (Å²) in [4.78, 5) is 0. The fourth-order valence-corrected chi connectivity index (χ4v) is 2.01. The summed E-state index contributed by atoms with van der Waals surface area (Å²) in [6.45, 7) is -2.90. The van der Waals surface area contributed by atoms with Crippen LogP contribution in [0.1, 0.15) is 5.56 Å². The van der Waals surface area contributed by atoms with Crippen LogP contribution in [0.5, 0.6) is 11.5 Å². The van der Waals surface area contributed by atoms with Gasteiger partial charge >= 0.3 is 6.61 Å². The fraction of sp³-hybridized carbons (Fsp3) is 0.125. The van der Waals surface area contributed by atoms with Crippen molar-refractivity contribution in [1.82, 2.24) is 5.43 Å². The van der Waals surface area contributed by atoms with Crippen LogP contribution in [0.4, 0.5) is 14.5 Å². The van der Waals surface area contributed by atoms with Crippen molar-refractivity contribution < 1.29 is 18.3 Å². The van der Waals surface area contributed by atoms with Gasteiger partial charge in [-0.15, -0.1) is 0 Å². The molecule has 24 heavy (non-hydrogen) atoms. The number of nitrogens with one attached hydrogen (secondary N) is 2. The van der Waals surface area contributed by atoms with Crippen LogP contribution in [-0.2, 0) is 0 Å². The van der Waals surface area contributed by atoms with Gasteiger partial charge in [0.1, 0.15) is 11.5 Å². The van der Waals surface area contributed by atoms with Gasteiger partial charge in [0.2, 0.25) is 0 Å². The summed E-state index contributed by atoms with van der Waals surface area (Å²) in [5.74, 6) is 0.656. The Morgan fingerprint density at radius 3 is 2.50 bits per heavy atom. The fourth-order valence-electron chi connectivity index (χ4n) is 1.85. The third-order valence-electron chi connectivity index (χ3n) is 2.86. The minimum absolute atomic E-state index is 0.0293. The number of nitrogens with zero attached hydrogens (tertiary/aromatic N) is 1. The second-order valence-electron chi connectivity index (χ2n) is 4.44. The molecule has 0 saturated carbocycles. The smallest absolute Gasteiger partial charge is 0.387 e. The van der Waals surface area contributed by atoms with Gasteiger partial charge in [-0.3, -0.25) is 5.43 Å². The highest BCUT2D eigenvalue weighted by molar-refractivity contribution is 7.80. The molecule has 0 radical (unpaired) electrons. The molecule has 2 aromatic rings. The van der Waals surface area contributed by atoms with E-state index in [0.29, 0.717) is 17.0 Å². The van der Waals surface area contributed by atoms with Gasteiger partial charge < -0.3 is 14.8 Å². The minimum atomic E-state index is -2.90. The Kier molecular flexibility index (Phi) is 6.44. The molecule has 0 unspecified atom stereocenters. The number of halogens is 2. The number of ether oxygens (including phenoxy) is 2. The molecular weight excluding hydrogens is 336 g/mol. The van der Waals surface area contributed by atoms with Crippen molar-refractivity contribution in [2.24, 2.45) is 5.10 Å². The first-order chi connectivity index (χ1) is 11.6. The lowest BCUT2D eigenvalue weighted by atomic mass is 10.2. The highest BCUT2D eigenvalue weighted by atomic mass is 32.1. The summed E-state index contributed by atoms with van der Waals surface area (Å²) < 4.78 is 34.3. The van der Waals surface area contributed by atoms with E-state index in [1.54, 1.807) is 37.4 Å². The standard InChI is InChI=1S/C16H15F2N3O2S/c1-22-14-9-5-3-7-12(14)20-16(24)21-19-10-11-6-2-4-8-13(11)23-15(17)18/h2-10,15H,1H3,(H2,20,21,24)/b19-10-. The molecular formula is C16H15F2N3O2S. The zero-order chi connectivity index (χ0) is 17.4. The molecule has 2 rings (SSSR count). The van der Waals surface area contributed by atoms with Gasteiger partial charge in [-0.05, 0) is 36.5 Å². The number of anilines is 1. The van der Waals surface area contributed by atoms with Gasteiger partial charge in [0.25, 0.3) is 0 Å². The molecule has 0 fully saturated rings. The lowest BCUT2D eigenvalue weighted by Gasteiger charge is -2.11. The van der Waals surface area contributed by atoms with Crippen molar-refractivity contribution in [2.75, 3.05) is 12.4 Å². The van der Waals surface area contributed by atoms with Gasteiger partial charge in [0.15, 0.2) is 5.11 Å². The number of alkyl halides is 2. The van der Waals surface area contributed by atoms with Gasteiger partial charge in [-0.1, -0.05) is 24.3 Å². The van der Waals surface area contributed by atoms with E-state index in [0.717, 1.165) is 0 Å². The molecule has 0 aliphatic carbocycles. The Labute approximate surface area is 143 Å². The number of thiocarbonyl (C=S) groups is 1. The van der Waals surface area contributed by atoms with Crippen LogP contribution in [-0.4, -0.2) is 25.0 Å². The monoisotopic (exact) mass is 351 g/mol. The first-order valence-corrected chi connectivity index (χ1v) is 7.28.